The monoisotopic (exact) mass is 399 g/mol. The summed E-state index contributed by atoms with van der Waals surface area (Å²) in [4.78, 5) is 12.9. The molecule has 0 aliphatic heterocycles. The summed E-state index contributed by atoms with van der Waals surface area (Å²) in [5, 5.41) is 11.5. The second-order valence-corrected chi connectivity index (χ2v) is 8.71. The summed E-state index contributed by atoms with van der Waals surface area (Å²) in [5.74, 6) is -0.403. The molecule has 0 spiro atoms. The van der Waals surface area contributed by atoms with Crippen LogP contribution in [0.5, 0.6) is 0 Å². The van der Waals surface area contributed by atoms with Crippen LogP contribution in [0, 0.1) is 25.2 Å². The van der Waals surface area contributed by atoms with E-state index in [0.29, 0.717) is 24.2 Å². The topological polar surface area (TPSA) is 90.3 Å². The van der Waals surface area contributed by atoms with E-state index < -0.39 is 22.0 Å². The molecule has 6 nitrogen and oxygen atoms in total. The Hall–Kier alpha value is -2.85. The van der Waals surface area contributed by atoms with Crippen LogP contribution in [-0.2, 0) is 21.2 Å². The maximum Gasteiger partial charge on any atom is 0.248 e. The summed E-state index contributed by atoms with van der Waals surface area (Å²) in [6.45, 7) is 5.56. The first-order valence-electron chi connectivity index (χ1n) is 9.00. The first-order valence-corrected chi connectivity index (χ1v) is 10.8. The standard InChI is InChI=1S/C21H25N3O3S/c1-5-20(21(25)23-18-8-6-17(7-9-18)10-11-22)24(28(4,26)27)19-13-15(2)12-16(3)14-19/h6-9,12-14,20H,5,10H2,1-4H3,(H,23,25)/t20-/m1/s1. The van der Waals surface area contributed by atoms with Gasteiger partial charge >= 0.3 is 0 Å². The molecule has 0 saturated heterocycles. The number of hydrogen-bond acceptors (Lipinski definition) is 4. The largest absolute Gasteiger partial charge is 0.324 e. The highest BCUT2D eigenvalue weighted by molar-refractivity contribution is 7.92. The van der Waals surface area contributed by atoms with Gasteiger partial charge in [0.05, 0.1) is 24.4 Å². The molecule has 148 valence electrons. The third-order valence-electron chi connectivity index (χ3n) is 4.30. The number of carbonyl (C=O) groups is 1. The predicted molar refractivity (Wildman–Crippen MR) is 112 cm³/mol. The van der Waals surface area contributed by atoms with Crippen LogP contribution in [0.2, 0.25) is 0 Å². The third kappa shape index (κ3) is 5.33. The fourth-order valence-electron chi connectivity index (χ4n) is 3.16. The number of amides is 1. The van der Waals surface area contributed by atoms with Gasteiger partial charge in [-0.15, -0.1) is 0 Å². The molecule has 0 saturated carbocycles. The van der Waals surface area contributed by atoms with Gasteiger partial charge in [-0.25, -0.2) is 8.42 Å². The number of benzene rings is 2. The Kier molecular flexibility index (Phi) is 6.81. The summed E-state index contributed by atoms with van der Waals surface area (Å²) >= 11 is 0. The lowest BCUT2D eigenvalue weighted by molar-refractivity contribution is -0.117. The quantitative estimate of drug-likeness (QED) is 0.771. The molecule has 1 amide bonds. The van der Waals surface area contributed by atoms with E-state index >= 15 is 0 Å². The molecule has 0 heterocycles. The van der Waals surface area contributed by atoms with E-state index in [0.717, 1.165) is 22.9 Å². The average molecular weight is 400 g/mol. The van der Waals surface area contributed by atoms with Gasteiger partial charge in [-0.05, 0) is 61.2 Å². The molecular formula is C21H25N3O3S. The van der Waals surface area contributed by atoms with Gasteiger partial charge in [0.2, 0.25) is 15.9 Å². The van der Waals surface area contributed by atoms with Crippen molar-refractivity contribution < 1.29 is 13.2 Å². The zero-order chi connectivity index (χ0) is 20.9. The Morgan fingerprint density at radius 3 is 2.18 bits per heavy atom. The van der Waals surface area contributed by atoms with Crippen LogP contribution in [0.4, 0.5) is 11.4 Å². The van der Waals surface area contributed by atoms with Crippen LogP contribution in [0.1, 0.15) is 30.0 Å². The molecule has 2 aromatic carbocycles. The van der Waals surface area contributed by atoms with Gasteiger partial charge in [-0.1, -0.05) is 25.1 Å². The zero-order valence-electron chi connectivity index (χ0n) is 16.6. The summed E-state index contributed by atoms with van der Waals surface area (Å²) in [5.41, 5.74) is 3.73. The highest BCUT2D eigenvalue weighted by atomic mass is 32.2. The van der Waals surface area contributed by atoms with E-state index in [4.69, 9.17) is 5.26 Å². The van der Waals surface area contributed by atoms with Gasteiger partial charge in [0.15, 0.2) is 0 Å². The Bertz CT molecular complexity index is 972. The van der Waals surface area contributed by atoms with E-state index in [-0.39, 0.29) is 0 Å². The van der Waals surface area contributed by atoms with E-state index in [1.54, 1.807) is 43.3 Å². The molecule has 2 rings (SSSR count). The second kappa shape index (κ2) is 8.89. The number of anilines is 2. The Morgan fingerprint density at radius 1 is 1.14 bits per heavy atom. The summed E-state index contributed by atoms with van der Waals surface area (Å²) in [7, 11) is -3.68. The number of nitrogens with zero attached hydrogens (tertiary/aromatic N) is 2. The lowest BCUT2D eigenvalue weighted by Gasteiger charge is -2.30. The van der Waals surface area contributed by atoms with Crippen LogP contribution >= 0.6 is 0 Å². The summed E-state index contributed by atoms with van der Waals surface area (Å²) in [6.07, 6.45) is 1.72. The molecule has 0 aromatic heterocycles. The van der Waals surface area contributed by atoms with Crippen LogP contribution in [-0.4, -0.2) is 26.6 Å². The molecule has 7 heteroatoms. The Morgan fingerprint density at radius 2 is 1.71 bits per heavy atom. The molecule has 2 aromatic rings. The number of hydrogen-bond donors (Lipinski definition) is 1. The van der Waals surface area contributed by atoms with Crippen molar-refractivity contribution in [1.29, 1.82) is 5.26 Å². The molecule has 0 bridgehead atoms. The maximum absolute atomic E-state index is 12.9. The van der Waals surface area contributed by atoms with E-state index in [1.807, 2.05) is 19.9 Å². The smallest absolute Gasteiger partial charge is 0.248 e. The van der Waals surface area contributed by atoms with E-state index in [9.17, 15) is 13.2 Å². The van der Waals surface area contributed by atoms with Gasteiger partial charge in [-0.2, -0.15) is 5.26 Å². The van der Waals surface area contributed by atoms with Crippen molar-refractivity contribution in [3.8, 4) is 6.07 Å². The van der Waals surface area contributed by atoms with Crippen LogP contribution in [0.3, 0.4) is 0 Å². The molecule has 0 fully saturated rings. The number of rotatable bonds is 7. The van der Waals surface area contributed by atoms with E-state index in [1.165, 1.54) is 4.31 Å². The van der Waals surface area contributed by atoms with Crippen molar-refractivity contribution in [2.24, 2.45) is 0 Å². The lowest BCUT2D eigenvalue weighted by atomic mass is 10.1. The van der Waals surface area contributed by atoms with Crippen molar-refractivity contribution in [2.75, 3.05) is 15.9 Å². The fourth-order valence-corrected chi connectivity index (χ4v) is 4.36. The zero-order valence-corrected chi connectivity index (χ0v) is 17.4. The molecule has 0 aliphatic rings. The summed E-state index contributed by atoms with van der Waals surface area (Å²) < 4.78 is 26.3. The van der Waals surface area contributed by atoms with Crippen LogP contribution < -0.4 is 9.62 Å². The predicted octanol–water partition coefficient (Wildman–Crippen LogP) is 3.55. The van der Waals surface area contributed by atoms with Crippen molar-refractivity contribution in [3.05, 3.63) is 59.2 Å². The minimum Gasteiger partial charge on any atom is -0.324 e. The van der Waals surface area contributed by atoms with Gasteiger partial charge < -0.3 is 5.32 Å². The van der Waals surface area contributed by atoms with Gasteiger partial charge in [0, 0.05) is 5.69 Å². The van der Waals surface area contributed by atoms with Gasteiger partial charge in [0.25, 0.3) is 0 Å². The Labute approximate surface area is 166 Å². The molecule has 0 unspecified atom stereocenters. The Balaban J connectivity index is 2.35. The van der Waals surface area contributed by atoms with Crippen LogP contribution in [0.15, 0.2) is 42.5 Å². The molecule has 1 atom stereocenters. The van der Waals surface area contributed by atoms with Crippen molar-refractivity contribution in [1.82, 2.24) is 0 Å². The summed E-state index contributed by atoms with van der Waals surface area (Å²) in [6, 6.07) is 13.6. The number of nitrogens with one attached hydrogen (secondary N) is 1. The molecule has 0 radical (unpaired) electrons. The SMILES string of the molecule is CC[C@H](C(=O)Nc1ccc(CC#N)cc1)N(c1cc(C)cc(C)c1)S(C)(=O)=O. The number of sulfonamides is 1. The molecule has 0 aliphatic carbocycles. The van der Waals surface area contributed by atoms with Crippen LogP contribution in [0.25, 0.3) is 0 Å². The lowest BCUT2D eigenvalue weighted by Crippen LogP contribution is -2.47. The second-order valence-electron chi connectivity index (χ2n) is 6.85. The van der Waals surface area contributed by atoms with Gasteiger partial charge in [0.1, 0.15) is 6.04 Å². The maximum atomic E-state index is 12.9. The number of nitriles is 1. The molecule has 28 heavy (non-hydrogen) atoms. The highest BCUT2D eigenvalue weighted by Crippen LogP contribution is 2.26. The normalized spacial score (nSPS) is 12.1. The first kappa shape index (κ1) is 21.5. The molecule has 1 N–H and O–H groups in total. The first-order chi connectivity index (χ1) is 13.2. The minimum atomic E-state index is -3.68. The highest BCUT2D eigenvalue weighted by Gasteiger charge is 2.31. The fraction of sp³-hybridized carbons (Fsp3) is 0.333. The van der Waals surface area contributed by atoms with Gasteiger partial charge in [-0.3, -0.25) is 9.10 Å². The molecular weight excluding hydrogens is 374 g/mol. The van der Waals surface area contributed by atoms with Crippen molar-refractivity contribution in [2.45, 2.75) is 39.7 Å². The van der Waals surface area contributed by atoms with Crippen molar-refractivity contribution >= 4 is 27.3 Å². The average Bonchev–Trinajstić information content (AvgIpc) is 2.59. The van der Waals surface area contributed by atoms with E-state index in [2.05, 4.69) is 11.4 Å². The third-order valence-corrected chi connectivity index (χ3v) is 5.48. The number of aryl methyl sites for hydroxylation is 2. The number of carbonyl (C=O) groups excluding carboxylic acids is 1. The van der Waals surface area contributed by atoms with Crippen molar-refractivity contribution in [3.63, 3.8) is 0 Å². The minimum absolute atomic E-state index is 0.292.